The van der Waals surface area contributed by atoms with Crippen molar-refractivity contribution in [3.05, 3.63) is 28.7 Å². The minimum atomic E-state index is 1.12. The molecule has 0 amide bonds. The fraction of sp³-hybridized carbons (Fsp3) is 0. The Labute approximate surface area is 65.2 Å². The molecule has 2 heteroatoms. The Hall–Kier alpha value is 0.219. The molecule has 1 aromatic carbocycles. The first-order valence-corrected chi connectivity index (χ1v) is 3.86. The fourth-order valence-electron chi connectivity index (χ4n) is 0.435. The summed E-state index contributed by atoms with van der Waals surface area (Å²) < 4.78 is 2.30. The molecule has 0 atom stereocenters. The van der Waals surface area contributed by atoms with E-state index in [1.807, 2.05) is 24.3 Å². The molecule has 0 saturated carbocycles. The van der Waals surface area contributed by atoms with E-state index in [1.54, 1.807) is 0 Å². The molecule has 0 aliphatic heterocycles. The summed E-state index contributed by atoms with van der Waals surface area (Å²) in [6.45, 7) is 0. The Kier molecular flexibility index (Phi) is 2.12. The number of halogens is 1. The Bertz CT molecular complexity index is 147. The van der Waals surface area contributed by atoms with Crippen LogP contribution in [-0.4, -0.2) is 16.0 Å². The molecule has 0 fully saturated rings. The normalized spacial score (nSPS) is 9.12. The third kappa shape index (κ3) is 1.62. The standard InChI is InChI=1S/C6H4BrSe/c7-5-1-3-6(8)4-2-5/h1-4H/q+1. The third-order valence-electron chi connectivity index (χ3n) is 0.814. The quantitative estimate of drug-likeness (QED) is 0.593. The van der Waals surface area contributed by atoms with E-state index in [-0.39, 0.29) is 0 Å². The maximum atomic E-state index is 3.33. The van der Waals surface area contributed by atoms with Gasteiger partial charge < -0.3 is 0 Å². The molecule has 0 saturated heterocycles. The van der Waals surface area contributed by atoms with Gasteiger partial charge in [-0.1, -0.05) is 0 Å². The Balaban J connectivity index is 3.03. The number of hydrogen-bond donors (Lipinski definition) is 0. The van der Waals surface area contributed by atoms with Gasteiger partial charge in [0.2, 0.25) is 0 Å². The molecule has 0 aliphatic rings. The average Bonchev–Trinajstić information content (AvgIpc) is 1.77. The Morgan fingerprint density at radius 2 is 1.62 bits per heavy atom. The van der Waals surface area contributed by atoms with Crippen LogP contribution in [0.3, 0.4) is 0 Å². The van der Waals surface area contributed by atoms with Crippen molar-refractivity contribution in [1.82, 2.24) is 0 Å². The van der Waals surface area contributed by atoms with Gasteiger partial charge in [-0.3, -0.25) is 0 Å². The van der Waals surface area contributed by atoms with Crippen LogP contribution in [0.5, 0.6) is 0 Å². The monoisotopic (exact) mass is 235 g/mol. The summed E-state index contributed by atoms with van der Waals surface area (Å²) in [5.41, 5.74) is 0. The molecule has 0 bridgehead atoms. The van der Waals surface area contributed by atoms with E-state index in [4.69, 9.17) is 0 Å². The second-order valence-corrected chi connectivity index (χ2v) is 3.36. The van der Waals surface area contributed by atoms with Gasteiger partial charge in [0.05, 0.1) is 0 Å². The van der Waals surface area contributed by atoms with Crippen LogP contribution in [0.2, 0.25) is 0 Å². The van der Waals surface area contributed by atoms with Crippen LogP contribution in [0.1, 0.15) is 0 Å². The topological polar surface area (TPSA) is 0 Å². The predicted octanol–water partition coefficient (Wildman–Crippen LogP) is 1.24. The van der Waals surface area contributed by atoms with E-state index in [2.05, 4.69) is 31.9 Å². The first-order chi connectivity index (χ1) is 3.79. The SMILES string of the molecule is [Se+]c1ccc(Br)cc1. The summed E-state index contributed by atoms with van der Waals surface area (Å²) in [4.78, 5) is 0. The van der Waals surface area contributed by atoms with Crippen LogP contribution in [-0.2, 0) is 0 Å². The van der Waals surface area contributed by atoms with Crippen molar-refractivity contribution in [3.8, 4) is 0 Å². The Morgan fingerprint density at radius 1 is 1.12 bits per heavy atom. The first-order valence-electron chi connectivity index (χ1n) is 2.21. The van der Waals surface area contributed by atoms with E-state index in [1.165, 1.54) is 4.46 Å². The van der Waals surface area contributed by atoms with Crippen LogP contribution < -0.4 is 4.46 Å². The number of rotatable bonds is 0. The van der Waals surface area contributed by atoms with E-state index in [0.29, 0.717) is 0 Å². The van der Waals surface area contributed by atoms with Crippen LogP contribution in [0, 0.1) is 0 Å². The van der Waals surface area contributed by atoms with Crippen LogP contribution >= 0.6 is 15.9 Å². The molecule has 2 radical (unpaired) electrons. The van der Waals surface area contributed by atoms with E-state index < -0.39 is 0 Å². The number of benzene rings is 1. The molecule has 8 heavy (non-hydrogen) atoms. The zero-order chi connectivity index (χ0) is 5.98. The summed E-state index contributed by atoms with van der Waals surface area (Å²) in [6.07, 6.45) is 0. The van der Waals surface area contributed by atoms with Gasteiger partial charge in [-0.15, -0.1) is 0 Å². The molecular formula is C6H4BrSe+. The second kappa shape index (κ2) is 2.67. The van der Waals surface area contributed by atoms with Gasteiger partial charge in [0.15, 0.2) is 0 Å². The zero-order valence-corrected chi connectivity index (χ0v) is 7.39. The molecule has 0 unspecified atom stereocenters. The maximum absolute atomic E-state index is 3.33. The summed E-state index contributed by atoms with van der Waals surface area (Å²) in [5.74, 6) is 0. The van der Waals surface area contributed by atoms with Gasteiger partial charge in [0, 0.05) is 0 Å². The minimum absolute atomic E-state index is 1.12. The van der Waals surface area contributed by atoms with Crippen molar-refractivity contribution in [2.75, 3.05) is 0 Å². The molecule has 0 aliphatic carbocycles. The van der Waals surface area contributed by atoms with Crippen molar-refractivity contribution in [2.45, 2.75) is 0 Å². The molecule has 0 aromatic heterocycles. The van der Waals surface area contributed by atoms with Crippen LogP contribution in [0.25, 0.3) is 0 Å². The van der Waals surface area contributed by atoms with Gasteiger partial charge >= 0.3 is 65.1 Å². The van der Waals surface area contributed by atoms with Crippen molar-refractivity contribution in [3.63, 3.8) is 0 Å². The van der Waals surface area contributed by atoms with Gasteiger partial charge in [-0.05, 0) is 0 Å². The molecule has 1 rings (SSSR count). The van der Waals surface area contributed by atoms with Crippen molar-refractivity contribution >= 4 is 36.4 Å². The van der Waals surface area contributed by atoms with Gasteiger partial charge in [-0.2, -0.15) is 0 Å². The van der Waals surface area contributed by atoms with Gasteiger partial charge in [-0.25, -0.2) is 0 Å². The van der Waals surface area contributed by atoms with E-state index in [0.717, 1.165) is 4.47 Å². The van der Waals surface area contributed by atoms with Crippen molar-refractivity contribution in [1.29, 1.82) is 0 Å². The average molecular weight is 235 g/mol. The van der Waals surface area contributed by atoms with Crippen LogP contribution in [0.4, 0.5) is 0 Å². The van der Waals surface area contributed by atoms with E-state index >= 15 is 0 Å². The predicted molar refractivity (Wildman–Crippen MR) is 39.5 cm³/mol. The Morgan fingerprint density at radius 3 is 2.00 bits per heavy atom. The third-order valence-corrected chi connectivity index (χ3v) is 1.91. The summed E-state index contributed by atoms with van der Waals surface area (Å²) in [5, 5.41) is 0. The molecular weight excluding hydrogens is 231 g/mol. The molecule has 40 valence electrons. The first kappa shape index (κ1) is 6.34. The molecule has 0 spiro atoms. The van der Waals surface area contributed by atoms with Crippen molar-refractivity contribution < 1.29 is 0 Å². The molecule has 0 N–H and O–H groups in total. The molecule has 1 aromatic rings. The fourth-order valence-corrected chi connectivity index (χ4v) is 0.984. The summed E-state index contributed by atoms with van der Waals surface area (Å²) >= 11 is 6.24. The van der Waals surface area contributed by atoms with E-state index in [9.17, 15) is 0 Å². The second-order valence-electron chi connectivity index (χ2n) is 1.45. The van der Waals surface area contributed by atoms with Crippen molar-refractivity contribution in [2.24, 2.45) is 0 Å². The summed E-state index contributed by atoms with van der Waals surface area (Å²) in [7, 11) is 0. The molecule has 0 heterocycles. The van der Waals surface area contributed by atoms with Gasteiger partial charge in [0.25, 0.3) is 0 Å². The molecule has 0 nitrogen and oxygen atoms in total. The number of hydrogen-bond acceptors (Lipinski definition) is 0. The zero-order valence-electron chi connectivity index (χ0n) is 4.10. The van der Waals surface area contributed by atoms with Gasteiger partial charge in [0.1, 0.15) is 0 Å². The van der Waals surface area contributed by atoms with Crippen LogP contribution in [0.15, 0.2) is 28.7 Å². The summed E-state index contributed by atoms with van der Waals surface area (Å²) in [6, 6.07) is 8.05.